The molecule has 2 heterocycles. The zero-order valence-electron chi connectivity index (χ0n) is 16.6. The van der Waals surface area contributed by atoms with E-state index in [0.29, 0.717) is 18.7 Å². The Labute approximate surface area is 167 Å². The van der Waals surface area contributed by atoms with Crippen LogP contribution in [-0.2, 0) is 26.6 Å². The lowest BCUT2D eigenvalue weighted by Gasteiger charge is -2.28. The average Bonchev–Trinajstić information content (AvgIpc) is 3.26. The zero-order valence-corrected chi connectivity index (χ0v) is 17.4. The maximum Gasteiger partial charge on any atom is 0.247 e. The van der Waals surface area contributed by atoms with E-state index in [2.05, 4.69) is 32.9 Å². The number of benzene rings is 1. The Bertz CT molecular complexity index is 935. The minimum atomic E-state index is -3.09. The van der Waals surface area contributed by atoms with Crippen LogP contribution < -0.4 is 0 Å². The lowest BCUT2D eigenvalue weighted by molar-refractivity contribution is -0.128. The topological polar surface area (TPSA) is 67.6 Å². The van der Waals surface area contributed by atoms with Gasteiger partial charge in [-0.15, -0.1) is 0 Å². The number of hydrogen-bond acceptors (Lipinski definition) is 4. The summed E-state index contributed by atoms with van der Waals surface area (Å²) in [6.07, 6.45) is 5.08. The molecule has 5 nitrogen and oxygen atoms in total. The Morgan fingerprint density at radius 1 is 1.21 bits per heavy atom. The van der Waals surface area contributed by atoms with Crippen LogP contribution in [-0.4, -0.2) is 36.8 Å². The van der Waals surface area contributed by atoms with Crippen LogP contribution in [0.15, 0.2) is 53.2 Å². The third kappa shape index (κ3) is 5.13. The summed E-state index contributed by atoms with van der Waals surface area (Å²) >= 11 is 0. The fourth-order valence-corrected chi connectivity index (χ4v) is 5.08. The zero-order chi connectivity index (χ0) is 20.4. The fraction of sp³-hybridized carbons (Fsp3) is 0.409. The van der Waals surface area contributed by atoms with Gasteiger partial charge in [0.15, 0.2) is 9.84 Å². The van der Waals surface area contributed by atoms with Crippen molar-refractivity contribution < 1.29 is 17.6 Å². The number of hydrogen-bond donors (Lipinski definition) is 0. The molecule has 150 valence electrons. The molecular formula is C22H27NO4S. The van der Waals surface area contributed by atoms with Gasteiger partial charge in [0, 0.05) is 18.7 Å². The van der Waals surface area contributed by atoms with E-state index in [-0.39, 0.29) is 28.9 Å². The molecule has 1 aliphatic heterocycles. The van der Waals surface area contributed by atoms with Crippen molar-refractivity contribution in [3.05, 3.63) is 65.6 Å². The van der Waals surface area contributed by atoms with Gasteiger partial charge in [-0.05, 0) is 41.2 Å². The first-order chi connectivity index (χ1) is 13.1. The van der Waals surface area contributed by atoms with Gasteiger partial charge < -0.3 is 9.32 Å². The second-order valence-electron chi connectivity index (χ2n) is 8.32. The van der Waals surface area contributed by atoms with Gasteiger partial charge in [-0.25, -0.2) is 8.42 Å². The number of nitrogens with zero attached hydrogens (tertiary/aromatic N) is 1. The van der Waals surface area contributed by atoms with Gasteiger partial charge in [0.1, 0.15) is 5.76 Å². The van der Waals surface area contributed by atoms with Crippen molar-refractivity contribution in [2.75, 3.05) is 11.5 Å². The number of carbonyl (C=O) groups is 1. The highest BCUT2D eigenvalue weighted by Gasteiger charge is 2.34. The minimum Gasteiger partial charge on any atom is -0.465 e. The molecule has 2 aromatic rings. The van der Waals surface area contributed by atoms with Crippen molar-refractivity contribution in [1.29, 1.82) is 0 Å². The highest BCUT2D eigenvalue weighted by atomic mass is 32.2. The number of rotatable bonds is 5. The summed E-state index contributed by atoms with van der Waals surface area (Å²) in [4.78, 5) is 14.5. The SMILES string of the molecule is CC(C)(C)c1ccc(CN(C(=O)/C=C/c2ccco2)C2CCS(=O)(=O)C2)cc1. The molecule has 28 heavy (non-hydrogen) atoms. The van der Waals surface area contributed by atoms with E-state index in [1.54, 1.807) is 29.4 Å². The Kier molecular flexibility index (Phi) is 5.79. The molecule has 3 rings (SSSR count). The average molecular weight is 402 g/mol. The first-order valence-electron chi connectivity index (χ1n) is 9.46. The van der Waals surface area contributed by atoms with E-state index in [1.165, 1.54) is 11.6 Å². The summed E-state index contributed by atoms with van der Waals surface area (Å²) in [6.45, 7) is 6.84. The molecular weight excluding hydrogens is 374 g/mol. The normalized spacial score (nSPS) is 19.2. The summed E-state index contributed by atoms with van der Waals surface area (Å²) in [6, 6.07) is 11.4. The molecule has 1 unspecified atom stereocenters. The molecule has 0 aliphatic carbocycles. The molecule has 1 aromatic carbocycles. The first kappa shape index (κ1) is 20.4. The Morgan fingerprint density at radius 3 is 2.46 bits per heavy atom. The molecule has 1 amide bonds. The monoisotopic (exact) mass is 401 g/mol. The molecule has 0 spiro atoms. The second kappa shape index (κ2) is 7.95. The smallest absolute Gasteiger partial charge is 0.247 e. The molecule has 0 N–H and O–H groups in total. The third-order valence-corrected chi connectivity index (χ3v) is 6.79. The van der Waals surface area contributed by atoms with Crippen LogP contribution in [0.5, 0.6) is 0 Å². The molecule has 0 saturated carbocycles. The van der Waals surface area contributed by atoms with E-state index < -0.39 is 9.84 Å². The predicted octanol–water partition coefficient (Wildman–Crippen LogP) is 3.81. The van der Waals surface area contributed by atoms with Crippen molar-refractivity contribution in [3.63, 3.8) is 0 Å². The van der Waals surface area contributed by atoms with E-state index >= 15 is 0 Å². The molecule has 1 atom stereocenters. The van der Waals surface area contributed by atoms with Crippen LogP contribution in [0.1, 0.15) is 44.1 Å². The van der Waals surface area contributed by atoms with Crippen molar-refractivity contribution in [2.45, 2.75) is 45.2 Å². The van der Waals surface area contributed by atoms with Gasteiger partial charge in [-0.1, -0.05) is 45.0 Å². The Balaban J connectivity index is 1.81. The first-order valence-corrected chi connectivity index (χ1v) is 11.3. The quantitative estimate of drug-likeness (QED) is 0.715. The van der Waals surface area contributed by atoms with Gasteiger partial charge in [0.05, 0.1) is 17.8 Å². The lowest BCUT2D eigenvalue weighted by Crippen LogP contribution is -2.39. The van der Waals surface area contributed by atoms with Crippen molar-refractivity contribution >= 4 is 21.8 Å². The van der Waals surface area contributed by atoms with Gasteiger partial charge >= 0.3 is 0 Å². The lowest BCUT2D eigenvalue weighted by atomic mass is 9.86. The van der Waals surface area contributed by atoms with Crippen molar-refractivity contribution in [2.24, 2.45) is 0 Å². The second-order valence-corrected chi connectivity index (χ2v) is 10.5. The fourth-order valence-electron chi connectivity index (χ4n) is 3.35. The summed E-state index contributed by atoms with van der Waals surface area (Å²) in [5.74, 6) is 0.528. The predicted molar refractivity (Wildman–Crippen MR) is 110 cm³/mol. The summed E-state index contributed by atoms with van der Waals surface area (Å²) in [7, 11) is -3.09. The molecule has 1 fully saturated rings. The highest BCUT2D eigenvalue weighted by Crippen LogP contribution is 2.24. The van der Waals surface area contributed by atoms with E-state index in [1.807, 2.05) is 12.1 Å². The van der Waals surface area contributed by atoms with Gasteiger partial charge in [-0.3, -0.25) is 4.79 Å². The van der Waals surface area contributed by atoms with Crippen molar-refractivity contribution in [1.82, 2.24) is 4.90 Å². The Morgan fingerprint density at radius 2 is 1.93 bits per heavy atom. The molecule has 0 bridgehead atoms. The maximum absolute atomic E-state index is 12.9. The van der Waals surface area contributed by atoms with E-state index in [9.17, 15) is 13.2 Å². The number of furan rings is 1. The number of carbonyl (C=O) groups excluding carboxylic acids is 1. The third-order valence-electron chi connectivity index (χ3n) is 5.04. The van der Waals surface area contributed by atoms with E-state index in [4.69, 9.17) is 4.42 Å². The highest BCUT2D eigenvalue weighted by molar-refractivity contribution is 7.91. The van der Waals surface area contributed by atoms with Crippen LogP contribution in [0.4, 0.5) is 0 Å². The number of sulfone groups is 1. The number of amides is 1. The molecule has 1 aliphatic rings. The summed E-state index contributed by atoms with van der Waals surface area (Å²) in [5, 5.41) is 0. The minimum absolute atomic E-state index is 0.0212. The molecule has 6 heteroatoms. The van der Waals surface area contributed by atoms with Gasteiger partial charge in [-0.2, -0.15) is 0 Å². The van der Waals surface area contributed by atoms with Crippen LogP contribution >= 0.6 is 0 Å². The maximum atomic E-state index is 12.9. The standard InChI is InChI=1S/C22H27NO4S/c1-22(2,3)18-8-6-17(7-9-18)15-23(19-12-14-28(25,26)16-19)21(24)11-10-20-5-4-13-27-20/h4-11,13,19H,12,14-16H2,1-3H3/b11-10+. The van der Waals surface area contributed by atoms with Crippen LogP contribution in [0, 0.1) is 0 Å². The summed E-state index contributed by atoms with van der Waals surface area (Å²) in [5.41, 5.74) is 2.26. The Hall–Kier alpha value is -2.34. The largest absolute Gasteiger partial charge is 0.465 e. The summed E-state index contributed by atoms with van der Waals surface area (Å²) < 4.78 is 29.1. The molecule has 1 saturated heterocycles. The molecule has 0 radical (unpaired) electrons. The van der Waals surface area contributed by atoms with Gasteiger partial charge in [0.25, 0.3) is 0 Å². The van der Waals surface area contributed by atoms with Gasteiger partial charge in [0.2, 0.25) is 5.91 Å². The van der Waals surface area contributed by atoms with Crippen LogP contribution in [0.25, 0.3) is 6.08 Å². The van der Waals surface area contributed by atoms with E-state index in [0.717, 1.165) is 5.56 Å². The van der Waals surface area contributed by atoms with Crippen LogP contribution in [0.2, 0.25) is 0 Å². The molecule has 1 aromatic heterocycles. The van der Waals surface area contributed by atoms with Crippen molar-refractivity contribution in [3.8, 4) is 0 Å². The van der Waals surface area contributed by atoms with Crippen LogP contribution in [0.3, 0.4) is 0 Å².